The number of hydrogen-bond donors (Lipinski definition) is 1. The molecule has 188 valence electrons. The zero-order valence-electron chi connectivity index (χ0n) is 20.7. The van der Waals surface area contributed by atoms with Crippen LogP contribution in [-0.2, 0) is 16.4 Å². The van der Waals surface area contributed by atoms with Crippen LogP contribution in [0.1, 0.15) is 30.9 Å². The van der Waals surface area contributed by atoms with E-state index in [4.69, 9.17) is 4.37 Å². The Morgan fingerprint density at radius 2 is 1.61 bits per heavy atom. The Balaban J connectivity index is 1.20. The van der Waals surface area contributed by atoms with E-state index in [0.717, 1.165) is 56.1 Å². The Hall–Kier alpha value is -2.94. The fraction of sp³-hybridized carbons (Fsp3) is 0.321. The van der Waals surface area contributed by atoms with Crippen LogP contribution in [0.5, 0.6) is 0 Å². The number of rotatable bonds is 8. The average Bonchev–Trinajstić information content (AvgIpc) is 3.33. The number of benzene rings is 3. The molecule has 1 saturated heterocycles. The number of nitrogens with zero attached hydrogens (tertiary/aromatic N) is 3. The predicted molar refractivity (Wildman–Crippen MR) is 150 cm³/mol. The molecule has 2 heterocycles. The van der Waals surface area contributed by atoms with E-state index in [1.807, 2.05) is 36.4 Å². The number of sulfonamides is 1. The molecule has 0 bridgehead atoms. The maximum atomic E-state index is 13.1. The molecule has 8 heteroatoms. The highest BCUT2D eigenvalue weighted by molar-refractivity contribution is 7.92. The quantitative estimate of drug-likeness (QED) is 0.328. The molecule has 1 N–H and O–H groups in total. The molecule has 0 amide bonds. The summed E-state index contributed by atoms with van der Waals surface area (Å²) >= 11 is 1.56. The third-order valence-corrected chi connectivity index (χ3v) is 9.04. The van der Waals surface area contributed by atoms with E-state index in [9.17, 15) is 8.42 Å². The first-order valence-corrected chi connectivity index (χ1v) is 14.7. The highest BCUT2D eigenvalue weighted by Crippen LogP contribution is 2.30. The second kappa shape index (κ2) is 10.6. The molecule has 0 aliphatic carbocycles. The molecule has 1 aromatic heterocycles. The minimum atomic E-state index is -3.65. The van der Waals surface area contributed by atoms with Crippen LogP contribution in [0.2, 0.25) is 0 Å². The minimum Gasteiger partial charge on any atom is -0.353 e. The molecule has 1 aliphatic rings. The lowest BCUT2D eigenvalue weighted by Crippen LogP contribution is -2.47. The third kappa shape index (κ3) is 5.40. The summed E-state index contributed by atoms with van der Waals surface area (Å²) < 4.78 is 34.9. The van der Waals surface area contributed by atoms with Crippen molar-refractivity contribution in [3.63, 3.8) is 0 Å². The van der Waals surface area contributed by atoms with Crippen molar-refractivity contribution in [2.45, 2.75) is 31.1 Å². The van der Waals surface area contributed by atoms with Gasteiger partial charge in [-0.25, -0.2) is 8.42 Å². The second-order valence-electron chi connectivity index (χ2n) is 9.57. The molecule has 0 radical (unpaired) electrons. The molecule has 3 aromatic carbocycles. The van der Waals surface area contributed by atoms with E-state index >= 15 is 0 Å². The van der Waals surface area contributed by atoms with Gasteiger partial charge in [-0.1, -0.05) is 56.3 Å². The molecule has 0 unspecified atom stereocenters. The number of fused-ring (bicyclic) bond motifs is 1. The van der Waals surface area contributed by atoms with Gasteiger partial charge in [0.1, 0.15) is 5.82 Å². The number of piperazine rings is 1. The molecule has 5 rings (SSSR count). The van der Waals surface area contributed by atoms with Crippen molar-refractivity contribution < 1.29 is 8.42 Å². The first-order valence-electron chi connectivity index (χ1n) is 12.4. The van der Waals surface area contributed by atoms with Crippen molar-refractivity contribution in [3.8, 4) is 0 Å². The number of hydrogen-bond acceptors (Lipinski definition) is 6. The van der Waals surface area contributed by atoms with Crippen molar-refractivity contribution in [3.05, 3.63) is 83.9 Å². The highest BCUT2D eigenvalue weighted by atomic mass is 32.2. The number of anilines is 2. The van der Waals surface area contributed by atoms with E-state index < -0.39 is 10.0 Å². The normalized spacial score (nSPS) is 15.0. The average molecular weight is 521 g/mol. The van der Waals surface area contributed by atoms with Gasteiger partial charge < -0.3 is 4.90 Å². The third-order valence-electron chi connectivity index (χ3n) is 6.85. The largest absolute Gasteiger partial charge is 0.353 e. The fourth-order valence-electron chi connectivity index (χ4n) is 4.64. The van der Waals surface area contributed by atoms with Crippen molar-refractivity contribution in [1.29, 1.82) is 0 Å². The topological polar surface area (TPSA) is 65.5 Å². The van der Waals surface area contributed by atoms with E-state index in [1.165, 1.54) is 10.1 Å². The molecule has 0 saturated carbocycles. The number of aromatic nitrogens is 1. The van der Waals surface area contributed by atoms with Crippen LogP contribution in [0.25, 0.3) is 10.1 Å². The molecule has 4 aromatic rings. The summed E-state index contributed by atoms with van der Waals surface area (Å²) in [6, 6.07) is 23.3. The zero-order chi connectivity index (χ0) is 25.1. The molecule has 36 heavy (non-hydrogen) atoms. The van der Waals surface area contributed by atoms with Crippen LogP contribution in [0.3, 0.4) is 0 Å². The Labute approximate surface area is 217 Å². The Bertz CT molecular complexity index is 1420. The number of nitrogens with one attached hydrogen (secondary N) is 1. The van der Waals surface area contributed by atoms with Gasteiger partial charge in [0.2, 0.25) is 0 Å². The van der Waals surface area contributed by atoms with Gasteiger partial charge >= 0.3 is 0 Å². The molecule has 1 fully saturated rings. The van der Waals surface area contributed by atoms with Crippen molar-refractivity contribution in [2.24, 2.45) is 0 Å². The van der Waals surface area contributed by atoms with Gasteiger partial charge in [0.05, 0.1) is 15.3 Å². The molecule has 0 spiro atoms. The monoisotopic (exact) mass is 520 g/mol. The van der Waals surface area contributed by atoms with Gasteiger partial charge in [0, 0.05) is 38.1 Å². The second-order valence-corrected chi connectivity index (χ2v) is 12.1. The molecule has 0 atom stereocenters. The molecule has 6 nitrogen and oxygen atoms in total. The summed E-state index contributed by atoms with van der Waals surface area (Å²) in [6.07, 6.45) is 0.782. The van der Waals surface area contributed by atoms with E-state index in [-0.39, 0.29) is 4.90 Å². The minimum absolute atomic E-state index is 0.285. The van der Waals surface area contributed by atoms with E-state index in [1.54, 1.807) is 23.7 Å². The summed E-state index contributed by atoms with van der Waals surface area (Å²) in [4.78, 5) is 5.11. The van der Waals surface area contributed by atoms with Gasteiger partial charge in [0.15, 0.2) is 0 Å². The molecular weight excluding hydrogens is 488 g/mol. The standard InChI is InChI=1S/C28H32N4O2S2/c1-21(2)22-11-13-24(14-12-22)36(33,34)30-26-9-5-3-7-23(26)15-16-31-17-19-32(20-18-31)28-25-8-4-6-10-27(25)35-29-28/h3-14,21,30H,15-20H2,1-2H3. The lowest BCUT2D eigenvalue weighted by molar-refractivity contribution is 0.261. The van der Waals surface area contributed by atoms with Crippen molar-refractivity contribution in [1.82, 2.24) is 9.27 Å². The summed E-state index contributed by atoms with van der Waals surface area (Å²) in [6.45, 7) is 8.87. The lowest BCUT2D eigenvalue weighted by Gasteiger charge is -2.35. The van der Waals surface area contributed by atoms with Crippen LogP contribution < -0.4 is 9.62 Å². The Morgan fingerprint density at radius 1 is 0.917 bits per heavy atom. The summed E-state index contributed by atoms with van der Waals surface area (Å²) in [5, 5.41) is 1.23. The maximum Gasteiger partial charge on any atom is 0.261 e. The van der Waals surface area contributed by atoms with E-state index in [2.05, 4.69) is 52.6 Å². The van der Waals surface area contributed by atoms with Gasteiger partial charge in [-0.2, -0.15) is 4.37 Å². The van der Waals surface area contributed by atoms with Gasteiger partial charge in [-0.05, 0) is 65.3 Å². The number of para-hydroxylation sites is 1. The highest BCUT2D eigenvalue weighted by Gasteiger charge is 2.21. The Kier molecular flexibility index (Phi) is 7.27. The fourth-order valence-corrected chi connectivity index (χ4v) is 6.53. The van der Waals surface area contributed by atoms with Crippen LogP contribution in [0.15, 0.2) is 77.7 Å². The molecular formula is C28H32N4O2S2. The van der Waals surface area contributed by atoms with Crippen LogP contribution >= 0.6 is 11.5 Å². The van der Waals surface area contributed by atoms with Gasteiger partial charge in [0.25, 0.3) is 10.0 Å². The van der Waals surface area contributed by atoms with Crippen molar-refractivity contribution in [2.75, 3.05) is 42.3 Å². The summed E-state index contributed by atoms with van der Waals surface area (Å²) in [7, 11) is -3.65. The molecule has 1 aliphatic heterocycles. The Morgan fingerprint density at radius 3 is 2.36 bits per heavy atom. The van der Waals surface area contributed by atoms with E-state index in [0.29, 0.717) is 11.6 Å². The first kappa shape index (κ1) is 24.7. The van der Waals surface area contributed by atoms with Crippen molar-refractivity contribution >= 4 is 43.1 Å². The smallest absolute Gasteiger partial charge is 0.261 e. The zero-order valence-corrected chi connectivity index (χ0v) is 22.4. The van der Waals surface area contributed by atoms with Gasteiger partial charge in [-0.15, -0.1) is 0 Å². The first-order chi connectivity index (χ1) is 17.4. The maximum absolute atomic E-state index is 13.1. The summed E-state index contributed by atoms with van der Waals surface area (Å²) in [5.74, 6) is 1.45. The lowest BCUT2D eigenvalue weighted by atomic mass is 10.0. The van der Waals surface area contributed by atoms with Gasteiger partial charge in [-0.3, -0.25) is 9.62 Å². The van der Waals surface area contributed by atoms with Crippen LogP contribution in [0, 0.1) is 0 Å². The van der Waals surface area contributed by atoms with Crippen LogP contribution in [-0.4, -0.2) is 50.4 Å². The van der Waals surface area contributed by atoms with Crippen LogP contribution in [0.4, 0.5) is 11.5 Å². The SMILES string of the molecule is CC(C)c1ccc(S(=O)(=O)Nc2ccccc2CCN2CCN(c3nsc4ccccc34)CC2)cc1. The predicted octanol–water partition coefficient (Wildman–Crippen LogP) is 5.59. The summed E-state index contributed by atoms with van der Waals surface area (Å²) in [5.41, 5.74) is 2.78.